The number of ether oxygens (including phenoxy) is 1. The first-order chi connectivity index (χ1) is 16.7. The summed E-state index contributed by atoms with van der Waals surface area (Å²) in [5.74, 6) is 0. The summed E-state index contributed by atoms with van der Waals surface area (Å²) in [7, 11) is 0. The minimum atomic E-state index is -0.515. The van der Waals surface area contributed by atoms with Crippen LogP contribution in [0.5, 0.6) is 0 Å². The van der Waals surface area contributed by atoms with Crippen molar-refractivity contribution in [3.63, 3.8) is 0 Å². The third-order valence-electron chi connectivity index (χ3n) is 5.92. The molecule has 0 radical (unpaired) electrons. The lowest BCUT2D eigenvalue weighted by atomic mass is 10.1. The Kier molecular flexibility index (Phi) is 6.39. The SMILES string of the molecule is CC(C)(C)OC(=O)N1CCCC1CCn1cnc(=N)c2[nH]c(Sc3cc4ccoc4cc3Br)nc21. The van der Waals surface area contributed by atoms with E-state index < -0.39 is 5.60 Å². The minimum absolute atomic E-state index is 0.105. The van der Waals surface area contributed by atoms with Gasteiger partial charge in [-0.25, -0.2) is 14.8 Å². The molecule has 1 fully saturated rings. The Balaban J connectivity index is 1.35. The maximum atomic E-state index is 12.6. The van der Waals surface area contributed by atoms with E-state index in [1.54, 1.807) is 12.6 Å². The number of rotatable bonds is 5. The van der Waals surface area contributed by atoms with Crippen molar-refractivity contribution in [1.82, 2.24) is 24.4 Å². The van der Waals surface area contributed by atoms with E-state index in [2.05, 4.69) is 25.9 Å². The molecule has 5 rings (SSSR count). The van der Waals surface area contributed by atoms with E-state index in [1.165, 1.54) is 11.8 Å². The fourth-order valence-corrected chi connectivity index (χ4v) is 5.71. The Morgan fingerprint density at radius 3 is 3.03 bits per heavy atom. The van der Waals surface area contributed by atoms with Crippen molar-refractivity contribution >= 4 is 55.9 Å². The molecule has 1 atom stereocenters. The normalized spacial score (nSPS) is 16.5. The molecule has 35 heavy (non-hydrogen) atoms. The number of hydrogen-bond acceptors (Lipinski definition) is 7. The molecule has 9 nitrogen and oxygen atoms in total. The van der Waals surface area contributed by atoms with E-state index in [-0.39, 0.29) is 17.6 Å². The number of nitrogens with one attached hydrogen (secondary N) is 2. The number of carbonyl (C=O) groups is 1. The van der Waals surface area contributed by atoms with Crippen LogP contribution in [0.25, 0.3) is 22.1 Å². The molecule has 0 bridgehead atoms. The van der Waals surface area contributed by atoms with Crippen molar-refractivity contribution in [3.8, 4) is 0 Å². The van der Waals surface area contributed by atoms with Gasteiger partial charge in [0.2, 0.25) is 0 Å². The van der Waals surface area contributed by atoms with E-state index in [4.69, 9.17) is 19.5 Å². The lowest BCUT2D eigenvalue weighted by molar-refractivity contribution is 0.0217. The van der Waals surface area contributed by atoms with Gasteiger partial charge >= 0.3 is 6.09 Å². The lowest BCUT2D eigenvalue weighted by Gasteiger charge is -2.28. The molecule has 1 saturated heterocycles. The molecule has 4 aromatic rings. The summed E-state index contributed by atoms with van der Waals surface area (Å²) in [6.45, 7) is 7.00. The van der Waals surface area contributed by atoms with Crippen LogP contribution in [-0.4, -0.2) is 48.7 Å². The van der Waals surface area contributed by atoms with Gasteiger partial charge < -0.3 is 23.6 Å². The minimum Gasteiger partial charge on any atom is -0.464 e. The number of amides is 1. The highest BCUT2D eigenvalue weighted by atomic mass is 79.9. The number of aryl methyl sites for hydroxylation is 1. The Bertz CT molecular complexity index is 1450. The largest absolute Gasteiger partial charge is 0.464 e. The number of aromatic amines is 1. The summed E-state index contributed by atoms with van der Waals surface area (Å²) in [6, 6.07) is 6.01. The summed E-state index contributed by atoms with van der Waals surface area (Å²) in [4.78, 5) is 27.8. The highest BCUT2D eigenvalue weighted by molar-refractivity contribution is 9.10. The number of fused-ring (bicyclic) bond motifs is 2. The molecule has 4 heterocycles. The van der Waals surface area contributed by atoms with Crippen LogP contribution in [0.3, 0.4) is 0 Å². The molecule has 1 aliphatic heterocycles. The first-order valence-electron chi connectivity index (χ1n) is 11.5. The van der Waals surface area contributed by atoms with Gasteiger partial charge in [0.25, 0.3) is 0 Å². The summed E-state index contributed by atoms with van der Waals surface area (Å²) in [5, 5.41) is 9.94. The van der Waals surface area contributed by atoms with Crippen molar-refractivity contribution in [1.29, 1.82) is 5.41 Å². The standard InChI is InChI=1S/C24H27BrN6O3S/c1-24(2,3)34-23(32)31-8-4-5-15(31)6-9-30-13-27-20(26)19-21(30)29-22(28-19)35-18-11-14-7-10-33-17(14)12-16(18)25/h7,10-13,15,26H,4-6,8-9H2,1-3H3,(H,28,29). The van der Waals surface area contributed by atoms with Crippen LogP contribution >= 0.6 is 27.7 Å². The third kappa shape index (κ3) is 5.11. The highest BCUT2D eigenvalue weighted by Crippen LogP contribution is 2.36. The molecule has 1 unspecified atom stereocenters. The Morgan fingerprint density at radius 2 is 2.23 bits per heavy atom. The van der Waals surface area contributed by atoms with E-state index >= 15 is 0 Å². The zero-order valence-corrected chi connectivity index (χ0v) is 22.2. The molecule has 3 aromatic heterocycles. The van der Waals surface area contributed by atoms with Gasteiger partial charge in [-0.2, -0.15) is 0 Å². The van der Waals surface area contributed by atoms with Crippen LogP contribution < -0.4 is 5.49 Å². The second-order valence-corrected chi connectivity index (χ2v) is 11.5. The fourth-order valence-electron chi connectivity index (χ4n) is 4.31. The van der Waals surface area contributed by atoms with Crippen LogP contribution in [0.2, 0.25) is 0 Å². The van der Waals surface area contributed by atoms with Crippen LogP contribution in [0.1, 0.15) is 40.0 Å². The second kappa shape index (κ2) is 9.34. The van der Waals surface area contributed by atoms with Gasteiger partial charge in [0, 0.05) is 33.9 Å². The summed E-state index contributed by atoms with van der Waals surface area (Å²) in [5.41, 5.74) is 1.71. The lowest BCUT2D eigenvalue weighted by Crippen LogP contribution is -2.40. The Labute approximate surface area is 214 Å². The smallest absolute Gasteiger partial charge is 0.410 e. The molecule has 184 valence electrons. The Hall–Kier alpha value is -2.79. The van der Waals surface area contributed by atoms with Crippen LogP contribution in [0.15, 0.2) is 49.7 Å². The molecular weight excluding hydrogens is 532 g/mol. The number of furan rings is 1. The number of halogens is 1. The molecule has 1 amide bonds. The number of imidazole rings is 1. The van der Waals surface area contributed by atoms with Gasteiger partial charge in [-0.1, -0.05) is 11.8 Å². The predicted octanol–water partition coefficient (Wildman–Crippen LogP) is 5.69. The maximum Gasteiger partial charge on any atom is 0.410 e. The average Bonchev–Trinajstić information content (AvgIpc) is 3.52. The van der Waals surface area contributed by atoms with Crippen molar-refractivity contribution in [2.75, 3.05) is 6.54 Å². The first kappa shape index (κ1) is 23.9. The van der Waals surface area contributed by atoms with Gasteiger partial charge in [-0.05, 0) is 74.2 Å². The summed E-state index contributed by atoms with van der Waals surface area (Å²) in [6.07, 6.45) is 5.73. The fraction of sp³-hybridized carbons (Fsp3) is 0.417. The molecule has 1 aliphatic rings. The van der Waals surface area contributed by atoms with Crippen LogP contribution in [0.4, 0.5) is 4.79 Å². The van der Waals surface area contributed by atoms with E-state index in [9.17, 15) is 4.79 Å². The highest BCUT2D eigenvalue weighted by Gasteiger charge is 2.32. The summed E-state index contributed by atoms with van der Waals surface area (Å²) >= 11 is 5.09. The van der Waals surface area contributed by atoms with Crippen LogP contribution in [-0.2, 0) is 11.3 Å². The molecule has 1 aromatic carbocycles. The number of nitrogens with zero attached hydrogens (tertiary/aromatic N) is 4. The molecule has 11 heteroatoms. The zero-order chi connectivity index (χ0) is 24.7. The van der Waals surface area contributed by atoms with Gasteiger partial charge in [0.1, 0.15) is 16.7 Å². The molecular formula is C24H27BrN6O3S. The topological polar surface area (TPSA) is 113 Å². The molecule has 2 N–H and O–H groups in total. The van der Waals surface area contributed by atoms with E-state index in [1.807, 2.05) is 48.4 Å². The number of likely N-dealkylation sites (tertiary alicyclic amines) is 1. The molecule has 0 spiro atoms. The van der Waals surface area contributed by atoms with Crippen LogP contribution in [0, 0.1) is 5.41 Å². The number of hydrogen-bond donors (Lipinski definition) is 2. The average molecular weight is 559 g/mol. The molecule has 0 aliphatic carbocycles. The van der Waals surface area contributed by atoms with Gasteiger partial charge in [-0.3, -0.25) is 5.41 Å². The maximum absolute atomic E-state index is 12.6. The number of carbonyl (C=O) groups excluding carboxylic acids is 1. The van der Waals surface area contributed by atoms with Crippen molar-refractivity contribution < 1.29 is 13.9 Å². The monoisotopic (exact) mass is 558 g/mol. The van der Waals surface area contributed by atoms with Crippen molar-refractivity contribution in [2.24, 2.45) is 0 Å². The second-order valence-electron chi connectivity index (χ2n) is 9.63. The van der Waals surface area contributed by atoms with E-state index in [0.29, 0.717) is 29.4 Å². The number of aromatic nitrogens is 4. The van der Waals surface area contributed by atoms with Crippen molar-refractivity contribution in [3.05, 3.63) is 40.8 Å². The number of H-pyrrole nitrogens is 1. The Morgan fingerprint density at radius 1 is 1.40 bits per heavy atom. The van der Waals surface area contributed by atoms with Gasteiger partial charge in [0.05, 0.1) is 12.6 Å². The number of benzene rings is 1. The zero-order valence-electron chi connectivity index (χ0n) is 19.8. The predicted molar refractivity (Wildman–Crippen MR) is 136 cm³/mol. The first-order valence-corrected chi connectivity index (χ1v) is 13.1. The third-order valence-corrected chi connectivity index (χ3v) is 7.78. The van der Waals surface area contributed by atoms with Gasteiger partial charge in [-0.15, -0.1) is 0 Å². The quantitative estimate of drug-likeness (QED) is 0.325. The van der Waals surface area contributed by atoms with Crippen molar-refractivity contribution in [2.45, 2.75) is 68.3 Å². The van der Waals surface area contributed by atoms with E-state index in [0.717, 1.165) is 39.6 Å². The van der Waals surface area contributed by atoms with Gasteiger partial charge in [0.15, 0.2) is 16.3 Å². The summed E-state index contributed by atoms with van der Waals surface area (Å²) < 4.78 is 13.9. The molecule has 0 saturated carbocycles.